The number of aryl methyl sites for hydroxylation is 1. The number of hydrogen-bond acceptors (Lipinski definition) is 5. The van der Waals surface area contributed by atoms with Crippen molar-refractivity contribution in [3.63, 3.8) is 0 Å². The molecule has 0 aromatic carbocycles. The van der Waals surface area contributed by atoms with Crippen LogP contribution >= 0.6 is 15.9 Å². The van der Waals surface area contributed by atoms with E-state index in [1.807, 2.05) is 0 Å². The lowest BCUT2D eigenvalue weighted by atomic mass is 10.3. The third-order valence-electron chi connectivity index (χ3n) is 2.21. The van der Waals surface area contributed by atoms with E-state index in [2.05, 4.69) is 38.1 Å². The molecule has 0 fully saturated rings. The molecule has 102 valence electrons. The Morgan fingerprint density at radius 3 is 2.72 bits per heavy atom. The summed E-state index contributed by atoms with van der Waals surface area (Å²) >= 11 is 3.34. The van der Waals surface area contributed by atoms with Crippen molar-refractivity contribution in [1.82, 2.24) is 9.97 Å². The van der Waals surface area contributed by atoms with Gasteiger partial charge in [0, 0.05) is 25.3 Å². The van der Waals surface area contributed by atoms with Crippen molar-refractivity contribution >= 4 is 31.6 Å². The van der Waals surface area contributed by atoms with Crippen molar-refractivity contribution < 1.29 is 8.42 Å². The van der Waals surface area contributed by atoms with E-state index in [0.29, 0.717) is 13.0 Å². The predicted octanol–water partition coefficient (Wildman–Crippen LogP) is 2.04. The Labute approximate surface area is 116 Å². The Hall–Kier alpha value is -0.690. The van der Waals surface area contributed by atoms with Crippen LogP contribution in [-0.4, -0.2) is 36.9 Å². The zero-order valence-electron chi connectivity index (χ0n) is 10.6. The molecule has 0 spiro atoms. The number of rotatable bonds is 7. The van der Waals surface area contributed by atoms with Gasteiger partial charge in [-0.25, -0.2) is 18.4 Å². The molecule has 0 aliphatic heterocycles. The zero-order valence-corrected chi connectivity index (χ0v) is 13.0. The van der Waals surface area contributed by atoms with Crippen molar-refractivity contribution in [2.24, 2.45) is 0 Å². The second-order valence-electron chi connectivity index (χ2n) is 4.15. The topological polar surface area (TPSA) is 72.0 Å². The first-order chi connectivity index (χ1) is 8.40. The lowest BCUT2D eigenvalue weighted by Crippen LogP contribution is -2.11. The summed E-state index contributed by atoms with van der Waals surface area (Å²) in [6.07, 6.45) is 3.64. The summed E-state index contributed by atoms with van der Waals surface area (Å²) in [6.45, 7) is 2.66. The third kappa shape index (κ3) is 6.30. The molecule has 18 heavy (non-hydrogen) atoms. The number of aromatic nitrogens is 2. The van der Waals surface area contributed by atoms with E-state index in [1.165, 1.54) is 6.26 Å². The van der Waals surface area contributed by atoms with Crippen LogP contribution in [0, 0.1) is 0 Å². The minimum absolute atomic E-state index is 0.189. The number of sulfone groups is 1. The molecule has 7 heteroatoms. The average molecular weight is 336 g/mol. The Morgan fingerprint density at radius 2 is 2.11 bits per heavy atom. The van der Waals surface area contributed by atoms with Crippen LogP contribution in [0.3, 0.4) is 0 Å². The molecule has 0 bridgehead atoms. The van der Waals surface area contributed by atoms with Crippen LogP contribution in [0.2, 0.25) is 0 Å². The highest BCUT2D eigenvalue weighted by atomic mass is 79.9. The van der Waals surface area contributed by atoms with Crippen molar-refractivity contribution in [3.05, 3.63) is 16.5 Å². The van der Waals surface area contributed by atoms with Crippen molar-refractivity contribution in [1.29, 1.82) is 0 Å². The van der Waals surface area contributed by atoms with Gasteiger partial charge in [0.1, 0.15) is 26.1 Å². The highest BCUT2D eigenvalue weighted by molar-refractivity contribution is 9.10. The second-order valence-corrected chi connectivity index (χ2v) is 7.22. The first kappa shape index (κ1) is 15.4. The summed E-state index contributed by atoms with van der Waals surface area (Å²) < 4.78 is 22.7. The third-order valence-corrected chi connectivity index (χ3v) is 3.65. The van der Waals surface area contributed by atoms with E-state index in [9.17, 15) is 8.42 Å². The van der Waals surface area contributed by atoms with Gasteiger partial charge in [0.05, 0.1) is 5.75 Å². The fraction of sp³-hybridized carbons (Fsp3) is 0.636. The number of anilines is 1. The molecule has 0 aliphatic rings. The molecule has 1 aromatic rings. The van der Waals surface area contributed by atoms with Crippen LogP contribution in [0.25, 0.3) is 0 Å². The molecule has 1 aromatic heterocycles. The van der Waals surface area contributed by atoms with E-state index in [4.69, 9.17) is 0 Å². The molecule has 0 atom stereocenters. The van der Waals surface area contributed by atoms with Crippen LogP contribution in [0.4, 0.5) is 5.82 Å². The minimum Gasteiger partial charge on any atom is -0.370 e. The summed E-state index contributed by atoms with van der Waals surface area (Å²) in [4.78, 5) is 8.62. The van der Waals surface area contributed by atoms with Gasteiger partial charge in [-0.2, -0.15) is 0 Å². The minimum atomic E-state index is -2.89. The molecule has 1 rings (SSSR count). The first-order valence-corrected chi connectivity index (χ1v) is 8.71. The van der Waals surface area contributed by atoms with E-state index < -0.39 is 9.84 Å². The van der Waals surface area contributed by atoms with Crippen LogP contribution in [0.15, 0.2) is 10.7 Å². The summed E-state index contributed by atoms with van der Waals surface area (Å²) in [5.41, 5.74) is 0. The molecule has 0 aliphatic carbocycles. The Kier molecular flexibility index (Phi) is 6.01. The molecule has 0 saturated carbocycles. The average Bonchev–Trinajstić information content (AvgIpc) is 2.23. The Balaban J connectivity index is 2.51. The maximum Gasteiger partial charge on any atom is 0.147 e. The fourth-order valence-electron chi connectivity index (χ4n) is 1.44. The maximum absolute atomic E-state index is 11.0. The first-order valence-electron chi connectivity index (χ1n) is 5.86. The lowest BCUT2D eigenvalue weighted by molar-refractivity contribution is 0.600. The SMILES string of the molecule is CCCc1nc(Br)cc(NCCCS(C)(=O)=O)n1. The number of halogens is 1. The number of hydrogen-bond donors (Lipinski definition) is 1. The smallest absolute Gasteiger partial charge is 0.147 e. The molecule has 0 radical (unpaired) electrons. The second kappa shape index (κ2) is 7.04. The largest absolute Gasteiger partial charge is 0.370 e. The standard InChI is InChI=1S/C11H18BrN3O2S/c1-3-5-10-14-9(12)8-11(15-10)13-6-4-7-18(2,16)17/h8H,3-7H2,1-2H3,(H,13,14,15). The highest BCUT2D eigenvalue weighted by Crippen LogP contribution is 2.13. The van der Waals surface area contributed by atoms with E-state index in [0.717, 1.165) is 29.1 Å². The van der Waals surface area contributed by atoms with E-state index in [1.54, 1.807) is 6.07 Å². The maximum atomic E-state index is 11.0. The highest BCUT2D eigenvalue weighted by Gasteiger charge is 2.04. The van der Waals surface area contributed by atoms with Crippen molar-refractivity contribution in [3.8, 4) is 0 Å². The van der Waals surface area contributed by atoms with Gasteiger partial charge in [0.25, 0.3) is 0 Å². The van der Waals surface area contributed by atoms with Crippen LogP contribution in [0.5, 0.6) is 0 Å². The Morgan fingerprint density at radius 1 is 1.39 bits per heavy atom. The monoisotopic (exact) mass is 335 g/mol. The van der Waals surface area contributed by atoms with Gasteiger partial charge in [-0.05, 0) is 28.8 Å². The molecule has 1 heterocycles. The Bertz CT molecular complexity index is 491. The van der Waals surface area contributed by atoms with Gasteiger partial charge in [-0.3, -0.25) is 0 Å². The summed E-state index contributed by atoms with van der Waals surface area (Å²) in [5, 5.41) is 3.11. The van der Waals surface area contributed by atoms with Crippen LogP contribution < -0.4 is 5.32 Å². The normalized spacial score (nSPS) is 11.5. The zero-order chi connectivity index (χ0) is 13.6. The van der Waals surface area contributed by atoms with Gasteiger partial charge in [-0.15, -0.1) is 0 Å². The molecule has 1 N–H and O–H groups in total. The molecular formula is C11H18BrN3O2S. The molecule has 0 saturated heterocycles. The van der Waals surface area contributed by atoms with Gasteiger partial charge in [-0.1, -0.05) is 6.92 Å². The van der Waals surface area contributed by atoms with Gasteiger partial charge >= 0.3 is 0 Å². The molecule has 0 amide bonds. The molecule has 5 nitrogen and oxygen atoms in total. The number of nitrogens with one attached hydrogen (secondary N) is 1. The van der Waals surface area contributed by atoms with Gasteiger partial charge < -0.3 is 5.32 Å². The number of nitrogens with zero attached hydrogens (tertiary/aromatic N) is 2. The van der Waals surface area contributed by atoms with Crippen molar-refractivity contribution in [2.45, 2.75) is 26.2 Å². The lowest BCUT2D eigenvalue weighted by Gasteiger charge is -2.07. The van der Waals surface area contributed by atoms with Gasteiger partial charge in [0.15, 0.2) is 0 Å². The predicted molar refractivity (Wildman–Crippen MR) is 76.5 cm³/mol. The van der Waals surface area contributed by atoms with Crippen LogP contribution in [0.1, 0.15) is 25.6 Å². The fourth-order valence-corrected chi connectivity index (χ4v) is 2.53. The summed E-state index contributed by atoms with van der Waals surface area (Å²) in [6, 6.07) is 1.79. The van der Waals surface area contributed by atoms with Crippen molar-refractivity contribution in [2.75, 3.05) is 23.9 Å². The molecular weight excluding hydrogens is 318 g/mol. The molecule has 0 unspecified atom stereocenters. The van der Waals surface area contributed by atoms with Gasteiger partial charge in [0.2, 0.25) is 0 Å². The van der Waals surface area contributed by atoms with Crippen LogP contribution in [-0.2, 0) is 16.3 Å². The quantitative estimate of drug-likeness (QED) is 0.609. The summed E-state index contributed by atoms with van der Waals surface area (Å²) in [7, 11) is -2.89. The summed E-state index contributed by atoms with van der Waals surface area (Å²) in [5.74, 6) is 1.71. The van der Waals surface area contributed by atoms with E-state index in [-0.39, 0.29) is 5.75 Å². The van der Waals surface area contributed by atoms with E-state index >= 15 is 0 Å².